The first kappa shape index (κ1) is 13.0. The number of hydrogen-bond acceptors (Lipinski definition) is 3. The van der Waals surface area contributed by atoms with Crippen LogP contribution in [0, 0.1) is 5.92 Å². The van der Waals surface area contributed by atoms with Gasteiger partial charge in [-0.3, -0.25) is 0 Å². The van der Waals surface area contributed by atoms with Crippen LogP contribution >= 0.6 is 23.1 Å². The van der Waals surface area contributed by atoms with Crippen LogP contribution in [-0.2, 0) is 0 Å². The Balaban J connectivity index is 1.86. The third kappa shape index (κ3) is 3.49. The van der Waals surface area contributed by atoms with Gasteiger partial charge in [0.05, 0.1) is 0 Å². The summed E-state index contributed by atoms with van der Waals surface area (Å²) in [5.74, 6) is 0.112. The number of carboxylic acid groups (broad SMARTS) is 1. The molecule has 1 aliphatic carbocycles. The van der Waals surface area contributed by atoms with Crippen LogP contribution in [0.3, 0.4) is 0 Å². The number of thioether (sulfide) groups is 1. The first-order valence-electron chi connectivity index (χ1n) is 6.17. The molecule has 17 heavy (non-hydrogen) atoms. The van der Waals surface area contributed by atoms with Crippen molar-refractivity contribution in [2.75, 3.05) is 0 Å². The third-order valence-electron chi connectivity index (χ3n) is 3.46. The molecule has 0 radical (unpaired) electrons. The van der Waals surface area contributed by atoms with Crippen molar-refractivity contribution in [3.05, 3.63) is 16.3 Å². The number of aromatic carboxylic acids is 1. The van der Waals surface area contributed by atoms with Crippen LogP contribution in [-0.4, -0.2) is 16.3 Å². The zero-order chi connectivity index (χ0) is 12.3. The van der Waals surface area contributed by atoms with E-state index in [0.717, 1.165) is 10.8 Å². The molecule has 0 atom stereocenters. The van der Waals surface area contributed by atoms with Gasteiger partial charge in [-0.25, -0.2) is 4.79 Å². The summed E-state index contributed by atoms with van der Waals surface area (Å²) in [5.41, 5.74) is 0. The van der Waals surface area contributed by atoms with E-state index < -0.39 is 5.97 Å². The van der Waals surface area contributed by atoms with Gasteiger partial charge < -0.3 is 5.11 Å². The van der Waals surface area contributed by atoms with Crippen LogP contribution < -0.4 is 0 Å². The lowest BCUT2D eigenvalue weighted by molar-refractivity contribution is 0.0702. The molecule has 1 aromatic heterocycles. The highest BCUT2D eigenvalue weighted by molar-refractivity contribution is 8.00. The van der Waals surface area contributed by atoms with Crippen molar-refractivity contribution in [3.63, 3.8) is 0 Å². The van der Waals surface area contributed by atoms with Crippen LogP contribution in [0.1, 0.15) is 48.7 Å². The Morgan fingerprint density at radius 2 is 2.18 bits per heavy atom. The second kappa shape index (κ2) is 5.91. The fourth-order valence-corrected chi connectivity index (χ4v) is 4.47. The van der Waals surface area contributed by atoms with Crippen molar-refractivity contribution in [3.8, 4) is 0 Å². The molecule has 2 nitrogen and oxygen atoms in total. The molecule has 4 heteroatoms. The summed E-state index contributed by atoms with van der Waals surface area (Å²) in [6.45, 7) is 2.27. The Bertz CT molecular complexity index is 379. The van der Waals surface area contributed by atoms with E-state index in [1.54, 1.807) is 0 Å². The lowest BCUT2D eigenvalue weighted by Crippen LogP contribution is -2.15. The van der Waals surface area contributed by atoms with Gasteiger partial charge in [-0.15, -0.1) is 23.1 Å². The minimum absolute atomic E-state index is 0.453. The topological polar surface area (TPSA) is 37.3 Å². The van der Waals surface area contributed by atoms with Gasteiger partial charge in [0.1, 0.15) is 4.88 Å². The largest absolute Gasteiger partial charge is 0.477 e. The van der Waals surface area contributed by atoms with E-state index in [4.69, 9.17) is 5.11 Å². The van der Waals surface area contributed by atoms with Crippen molar-refractivity contribution in [2.45, 2.75) is 49.2 Å². The van der Waals surface area contributed by atoms with Crippen LogP contribution in [0.15, 0.2) is 16.3 Å². The molecule has 1 aromatic rings. The standard InChI is InChI=1S/C13H18O2S2/c1-2-9-3-5-10(6-4-9)17-11-7-12(13(14)15)16-8-11/h7-10H,2-6H2,1H3,(H,14,15). The molecule has 1 N–H and O–H groups in total. The van der Waals surface area contributed by atoms with Crippen molar-refractivity contribution in [2.24, 2.45) is 5.92 Å². The van der Waals surface area contributed by atoms with Gasteiger partial charge in [-0.2, -0.15) is 0 Å². The molecule has 2 rings (SSSR count). The summed E-state index contributed by atoms with van der Waals surface area (Å²) in [7, 11) is 0. The van der Waals surface area contributed by atoms with Gasteiger partial charge >= 0.3 is 5.97 Å². The van der Waals surface area contributed by atoms with Crippen molar-refractivity contribution in [1.29, 1.82) is 0 Å². The molecule has 0 bridgehead atoms. The van der Waals surface area contributed by atoms with Crippen LogP contribution in [0.5, 0.6) is 0 Å². The molecular weight excluding hydrogens is 252 g/mol. The van der Waals surface area contributed by atoms with Crippen LogP contribution in [0.25, 0.3) is 0 Å². The molecular formula is C13H18O2S2. The Hall–Kier alpha value is -0.480. The SMILES string of the molecule is CCC1CCC(Sc2csc(C(=O)O)c2)CC1. The molecule has 1 saturated carbocycles. The molecule has 0 unspecified atom stereocenters. The first-order valence-corrected chi connectivity index (χ1v) is 7.93. The van der Waals surface area contributed by atoms with E-state index in [9.17, 15) is 4.79 Å². The quantitative estimate of drug-likeness (QED) is 0.874. The highest BCUT2D eigenvalue weighted by Gasteiger charge is 2.21. The molecule has 0 saturated heterocycles. The molecule has 0 aliphatic heterocycles. The average Bonchev–Trinajstić information content (AvgIpc) is 2.79. The maximum Gasteiger partial charge on any atom is 0.345 e. The number of rotatable bonds is 4. The molecule has 94 valence electrons. The number of thiophene rings is 1. The monoisotopic (exact) mass is 270 g/mol. The average molecular weight is 270 g/mol. The van der Waals surface area contributed by atoms with Gasteiger partial charge in [0.2, 0.25) is 0 Å². The third-order valence-corrected chi connectivity index (χ3v) is 5.84. The summed E-state index contributed by atoms with van der Waals surface area (Å²) >= 11 is 3.19. The minimum Gasteiger partial charge on any atom is -0.477 e. The fourth-order valence-electron chi connectivity index (χ4n) is 2.34. The van der Waals surface area contributed by atoms with Crippen molar-refractivity contribution >= 4 is 29.1 Å². The summed E-state index contributed by atoms with van der Waals surface area (Å²) in [4.78, 5) is 12.4. The lowest BCUT2D eigenvalue weighted by Gasteiger charge is -2.26. The summed E-state index contributed by atoms with van der Waals surface area (Å²) < 4.78 is 0. The Morgan fingerprint density at radius 3 is 2.71 bits per heavy atom. The minimum atomic E-state index is -0.809. The summed E-state index contributed by atoms with van der Waals surface area (Å²) in [5, 5.41) is 11.5. The maximum absolute atomic E-state index is 10.8. The second-order valence-electron chi connectivity index (χ2n) is 4.62. The zero-order valence-electron chi connectivity index (χ0n) is 10.0. The number of carboxylic acids is 1. The van der Waals surface area contributed by atoms with Crippen LogP contribution in [0.4, 0.5) is 0 Å². The molecule has 0 amide bonds. The molecule has 1 aliphatic rings. The maximum atomic E-state index is 10.8. The van der Waals surface area contributed by atoms with Gasteiger partial charge in [0.25, 0.3) is 0 Å². The van der Waals surface area contributed by atoms with E-state index in [-0.39, 0.29) is 0 Å². The molecule has 0 aromatic carbocycles. The number of carbonyl (C=O) groups is 1. The Labute approximate surface area is 110 Å². The van der Waals surface area contributed by atoms with Gasteiger partial charge in [-0.1, -0.05) is 13.3 Å². The van der Waals surface area contributed by atoms with Gasteiger partial charge in [0.15, 0.2) is 0 Å². The molecule has 1 heterocycles. The highest BCUT2D eigenvalue weighted by atomic mass is 32.2. The summed E-state index contributed by atoms with van der Waals surface area (Å²) in [6.07, 6.45) is 6.54. The van der Waals surface area contributed by atoms with E-state index in [1.165, 1.54) is 43.4 Å². The Kier molecular flexibility index (Phi) is 4.51. The van der Waals surface area contributed by atoms with E-state index >= 15 is 0 Å². The molecule has 0 spiro atoms. The number of hydrogen-bond donors (Lipinski definition) is 1. The van der Waals surface area contributed by atoms with Crippen molar-refractivity contribution in [1.82, 2.24) is 0 Å². The molecule has 1 fully saturated rings. The smallest absolute Gasteiger partial charge is 0.345 e. The fraction of sp³-hybridized carbons (Fsp3) is 0.615. The van der Waals surface area contributed by atoms with E-state index in [1.807, 2.05) is 23.2 Å². The predicted octanol–water partition coefficient (Wildman–Crippen LogP) is 4.51. The first-order chi connectivity index (χ1) is 8.19. The van der Waals surface area contributed by atoms with Gasteiger partial charge in [-0.05, 0) is 37.7 Å². The van der Waals surface area contributed by atoms with Crippen LogP contribution in [0.2, 0.25) is 0 Å². The van der Waals surface area contributed by atoms with Gasteiger partial charge in [0, 0.05) is 15.5 Å². The Morgan fingerprint density at radius 1 is 1.47 bits per heavy atom. The predicted molar refractivity (Wildman–Crippen MR) is 73.2 cm³/mol. The summed E-state index contributed by atoms with van der Waals surface area (Å²) in [6, 6.07) is 1.81. The lowest BCUT2D eigenvalue weighted by atomic mass is 9.87. The second-order valence-corrected chi connectivity index (χ2v) is 6.91. The zero-order valence-corrected chi connectivity index (χ0v) is 11.6. The van der Waals surface area contributed by atoms with E-state index in [0.29, 0.717) is 10.1 Å². The highest BCUT2D eigenvalue weighted by Crippen LogP contribution is 2.38. The normalized spacial score (nSPS) is 24.8. The van der Waals surface area contributed by atoms with Crippen molar-refractivity contribution < 1.29 is 9.90 Å². The van der Waals surface area contributed by atoms with E-state index in [2.05, 4.69) is 6.92 Å².